The van der Waals surface area contributed by atoms with Crippen LogP contribution in [0.2, 0.25) is 0 Å². The van der Waals surface area contributed by atoms with Crippen molar-refractivity contribution in [3.8, 4) is 5.69 Å². The highest BCUT2D eigenvalue weighted by Gasteiger charge is 2.49. The molecule has 7 heteroatoms. The number of amides is 1. The second-order valence-electron chi connectivity index (χ2n) is 5.12. The van der Waals surface area contributed by atoms with Gasteiger partial charge in [-0.3, -0.25) is 4.79 Å². The number of fused-ring (bicyclic) bond motifs is 2. The molecule has 2 atom stereocenters. The lowest BCUT2D eigenvalue weighted by Gasteiger charge is -2.24. The Bertz CT molecular complexity index is 712. The van der Waals surface area contributed by atoms with E-state index in [1.807, 2.05) is 30.3 Å². The number of benzene rings is 1. The zero-order chi connectivity index (χ0) is 14.4. The number of ether oxygens (including phenoxy) is 1. The number of likely N-dealkylation sites (tertiary alicyclic amines) is 1. The Kier molecular flexibility index (Phi) is 2.53. The summed E-state index contributed by atoms with van der Waals surface area (Å²) >= 11 is 0. The van der Waals surface area contributed by atoms with Crippen molar-refractivity contribution in [3.05, 3.63) is 42.2 Å². The first-order valence-electron chi connectivity index (χ1n) is 6.71. The number of carbonyl (C=O) groups is 2. The number of para-hydroxylation sites is 1. The molecular formula is C14H12N4O3. The molecule has 2 aromatic rings. The summed E-state index contributed by atoms with van der Waals surface area (Å²) in [6, 6.07) is 8.87. The maximum absolute atomic E-state index is 12.4. The van der Waals surface area contributed by atoms with Crippen LogP contribution in [0.4, 0.5) is 0 Å². The van der Waals surface area contributed by atoms with Crippen LogP contribution in [-0.2, 0) is 9.53 Å². The second-order valence-corrected chi connectivity index (χ2v) is 5.12. The minimum Gasteiger partial charge on any atom is -0.459 e. The van der Waals surface area contributed by atoms with Crippen molar-refractivity contribution in [1.82, 2.24) is 19.9 Å². The fourth-order valence-corrected chi connectivity index (χ4v) is 2.77. The summed E-state index contributed by atoms with van der Waals surface area (Å²) in [5.41, 5.74) is 1.01. The molecule has 0 radical (unpaired) electrons. The predicted molar refractivity (Wildman–Crippen MR) is 70.7 cm³/mol. The quantitative estimate of drug-likeness (QED) is 0.746. The molecule has 106 valence electrons. The van der Waals surface area contributed by atoms with Gasteiger partial charge in [-0.2, -0.15) is 9.90 Å². The summed E-state index contributed by atoms with van der Waals surface area (Å²) in [5.74, 6) is -0.601. The van der Waals surface area contributed by atoms with E-state index >= 15 is 0 Å². The lowest BCUT2D eigenvalue weighted by molar-refractivity contribution is -0.149. The van der Waals surface area contributed by atoms with Gasteiger partial charge in [0.2, 0.25) is 0 Å². The number of hydrogen-bond acceptors (Lipinski definition) is 5. The molecule has 0 N–H and O–H groups in total. The molecule has 2 aliphatic heterocycles. The summed E-state index contributed by atoms with van der Waals surface area (Å²) in [7, 11) is 0. The molecule has 21 heavy (non-hydrogen) atoms. The second kappa shape index (κ2) is 4.41. The van der Waals surface area contributed by atoms with Crippen LogP contribution in [0.15, 0.2) is 36.5 Å². The number of carbonyl (C=O) groups excluding carboxylic acids is 2. The fraction of sp³-hybridized carbons (Fsp3) is 0.286. The topological polar surface area (TPSA) is 77.3 Å². The van der Waals surface area contributed by atoms with Crippen LogP contribution in [0.1, 0.15) is 16.9 Å². The first kappa shape index (κ1) is 12.1. The van der Waals surface area contributed by atoms with E-state index in [9.17, 15) is 9.59 Å². The van der Waals surface area contributed by atoms with Crippen molar-refractivity contribution in [3.63, 3.8) is 0 Å². The highest BCUT2D eigenvalue weighted by molar-refractivity contribution is 5.96. The normalized spacial score (nSPS) is 23.4. The first-order valence-corrected chi connectivity index (χ1v) is 6.71. The summed E-state index contributed by atoms with van der Waals surface area (Å²) in [6.45, 7) is 0.438. The first-order chi connectivity index (χ1) is 10.2. The Balaban J connectivity index is 1.59. The van der Waals surface area contributed by atoms with Gasteiger partial charge in [0.1, 0.15) is 12.1 Å². The van der Waals surface area contributed by atoms with Crippen LogP contribution in [0, 0.1) is 0 Å². The molecule has 2 unspecified atom stereocenters. The highest BCUT2D eigenvalue weighted by Crippen LogP contribution is 2.29. The number of esters is 1. The zero-order valence-electron chi connectivity index (χ0n) is 11.0. The summed E-state index contributed by atoms with van der Waals surface area (Å²) < 4.78 is 5.08. The minimum absolute atomic E-state index is 0.171. The smallest absolute Gasteiger partial charge is 0.329 e. The Morgan fingerprint density at radius 3 is 2.81 bits per heavy atom. The largest absolute Gasteiger partial charge is 0.459 e. The van der Waals surface area contributed by atoms with E-state index in [4.69, 9.17) is 4.74 Å². The van der Waals surface area contributed by atoms with E-state index in [0.29, 0.717) is 13.0 Å². The van der Waals surface area contributed by atoms with E-state index < -0.39 is 6.04 Å². The van der Waals surface area contributed by atoms with E-state index in [2.05, 4.69) is 10.2 Å². The standard InChI is InChI=1S/C14H12N4O3/c19-13(17-8-10-6-12(17)14(20)21-10)11-7-15-18(16-11)9-4-2-1-3-5-9/h1-5,7,10,12H,6,8H2. The third-order valence-electron chi connectivity index (χ3n) is 3.78. The molecule has 3 heterocycles. The SMILES string of the molecule is O=C1OC2CC1N(C(=O)c1cnn(-c3ccccc3)n1)C2. The lowest BCUT2D eigenvalue weighted by Crippen LogP contribution is -2.44. The molecular weight excluding hydrogens is 272 g/mol. The minimum atomic E-state index is -0.468. The van der Waals surface area contributed by atoms with Crippen LogP contribution >= 0.6 is 0 Å². The van der Waals surface area contributed by atoms with Crippen LogP contribution in [0.25, 0.3) is 5.69 Å². The summed E-state index contributed by atoms with van der Waals surface area (Å²) in [5, 5.41) is 8.30. The molecule has 0 aliphatic carbocycles. The van der Waals surface area contributed by atoms with Gasteiger partial charge in [0.05, 0.1) is 18.4 Å². The van der Waals surface area contributed by atoms with Crippen molar-refractivity contribution in [2.75, 3.05) is 6.54 Å². The van der Waals surface area contributed by atoms with Crippen molar-refractivity contribution in [2.45, 2.75) is 18.6 Å². The van der Waals surface area contributed by atoms with Crippen molar-refractivity contribution < 1.29 is 14.3 Å². The molecule has 2 saturated heterocycles. The highest BCUT2D eigenvalue weighted by atomic mass is 16.6. The van der Waals surface area contributed by atoms with E-state index in [1.165, 1.54) is 15.9 Å². The molecule has 1 aromatic heterocycles. The van der Waals surface area contributed by atoms with Gasteiger partial charge in [-0.25, -0.2) is 4.79 Å². The van der Waals surface area contributed by atoms with Gasteiger partial charge in [0.15, 0.2) is 5.69 Å². The van der Waals surface area contributed by atoms with Gasteiger partial charge in [-0.05, 0) is 12.1 Å². The number of aromatic nitrogens is 3. The zero-order valence-corrected chi connectivity index (χ0v) is 11.0. The average molecular weight is 284 g/mol. The average Bonchev–Trinajstić information content (AvgIpc) is 3.22. The molecule has 2 fully saturated rings. The van der Waals surface area contributed by atoms with Crippen molar-refractivity contribution in [1.29, 1.82) is 0 Å². The molecule has 1 aromatic carbocycles. The number of nitrogens with zero attached hydrogens (tertiary/aromatic N) is 4. The third kappa shape index (κ3) is 1.89. The van der Waals surface area contributed by atoms with Gasteiger partial charge in [-0.15, -0.1) is 5.10 Å². The van der Waals surface area contributed by atoms with Gasteiger partial charge >= 0.3 is 5.97 Å². The molecule has 1 amide bonds. The van der Waals surface area contributed by atoms with Crippen molar-refractivity contribution >= 4 is 11.9 Å². The van der Waals surface area contributed by atoms with Crippen LogP contribution in [0.5, 0.6) is 0 Å². The van der Waals surface area contributed by atoms with Gasteiger partial charge in [-0.1, -0.05) is 18.2 Å². The fourth-order valence-electron chi connectivity index (χ4n) is 2.77. The van der Waals surface area contributed by atoms with Crippen LogP contribution < -0.4 is 0 Å². The van der Waals surface area contributed by atoms with E-state index in [0.717, 1.165) is 5.69 Å². The molecule has 2 aliphatic rings. The summed E-state index contributed by atoms with van der Waals surface area (Å²) in [6.07, 6.45) is 1.83. The Morgan fingerprint density at radius 1 is 1.29 bits per heavy atom. The molecule has 2 bridgehead atoms. The molecule has 7 nitrogen and oxygen atoms in total. The van der Waals surface area contributed by atoms with Gasteiger partial charge in [0, 0.05) is 6.42 Å². The maximum atomic E-state index is 12.4. The van der Waals surface area contributed by atoms with Crippen LogP contribution in [0.3, 0.4) is 0 Å². The predicted octanol–water partition coefficient (Wildman–Crippen LogP) is 0.407. The Morgan fingerprint density at radius 2 is 2.10 bits per heavy atom. The monoisotopic (exact) mass is 284 g/mol. The third-order valence-corrected chi connectivity index (χ3v) is 3.78. The molecule has 0 saturated carbocycles. The maximum Gasteiger partial charge on any atom is 0.329 e. The van der Waals surface area contributed by atoms with Gasteiger partial charge < -0.3 is 9.64 Å². The van der Waals surface area contributed by atoms with Gasteiger partial charge in [0.25, 0.3) is 5.91 Å². The van der Waals surface area contributed by atoms with E-state index in [1.54, 1.807) is 0 Å². The Hall–Kier alpha value is -2.70. The van der Waals surface area contributed by atoms with Crippen LogP contribution in [-0.4, -0.2) is 50.5 Å². The van der Waals surface area contributed by atoms with E-state index in [-0.39, 0.29) is 23.7 Å². The number of morpholine rings is 1. The van der Waals surface area contributed by atoms with Crippen molar-refractivity contribution in [2.24, 2.45) is 0 Å². The molecule has 4 rings (SSSR count). The number of rotatable bonds is 2. The lowest BCUT2D eigenvalue weighted by atomic mass is 10.2. The summed E-state index contributed by atoms with van der Waals surface area (Å²) in [4.78, 5) is 26.9. The number of hydrogen-bond donors (Lipinski definition) is 0. The Labute approximate surface area is 120 Å². The molecule has 0 spiro atoms.